The van der Waals surface area contributed by atoms with Crippen LogP contribution in [0, 0.1) is 6.92 Å². The first-order valence-electron chi connectivity index (χ1n) is 13.4. The number of halogens is 1. The Hall–Kier alpha value is -3.36. The van der Waals surface area contributed by atoms with E-state index >= 15 is 0 Å². The Morgan fingerprint density at radius 2 is 1.87 bits per heavy atom. The molecule has 0 spiro atoms. The lowest BCUT2D eigenvalue weighted by Gasteiger charge is -2.42. The lowest BCUT2D eigenvalue weighted by Crippen LogP contribution is -2.43. The molecule has 208 valence electrons. The number of hydrogen-bond acceptors (Lipinski definition) is 6. The highest BCUT2D eigenvalue weighted by Crippen LogP contribution is 2.36. The van der Waals surface area contributed by atoms with Crippen molar-refractivity contribution in [3.05, 3.63) is 97.3 Å². The predicted molar refractivity (Wildman–Crippen MR) is 151 cm³/mol. The molecule has 1 atom stereocenters. The van der Waals surface area contributed by atoms with E-state index < -0.39 is 0 Å². The van der Waals surface area contributed by atoms with Gasteiger partial charge in [-0.05, 0) is 61.6 Å². The first-order chi connectivity index (χ1) is 18.8. The minimum Gasteiger partial charge on any atom is -0.491 e. The van der Waals surface area contributed by atoms with Crippen LogP contribution in [0.1, 0.15) is 55.3 Å². The molecule has 1 heterocycles. The summed E-state index contributed by atoms with van der Waals surface area (Å²) in [5.41, 5.74) is 2.40. The second-order valence-corrected chi connectivity index (χ2v) is 10.4. The van der Waals surface area contributed by atoms with Crippen LogP contribution in [0.25, 0.3) is 0 Å². The number of hydrogen-bond donors (Lipinski definition) is 0. The number of aryl methyl sites for hydroxylation is 2. The minimum atomic E-state index is -0.368. The summed E-state index contributed by atoms with van der Waals surface area (Å²) >= 11 is 6.16. The number of rotatable bonds is 12. The van der Waals surface area contributed by atoms with Crippen LogP contribution in [0.15, 0.2) is 64.3 Å². The summed E-state index contributed by atoms with van der Waals surface area (Å²) in [7, 11) is 1.61. The van der Waals surface area contributed by atoms with Gasteiger partial charge in [-0.15, -0.1) is 0 Å². The Morgan fingerprint density at radius 3 is 2.51 bits per heavy atom. The molecule has 0 radical (unpaired) electrons. The fraction of sp³-hybridized carbons (Fsp3) is 0.433. The van der Waals surface area contributed by atoms with Gasteiger partial charge in [0, 0.05) is 43.0 Å². The molecule has 0 bridgehead atoms. The number of benzene rings is 2. The molecule has 1 unspecified atom stereocenters. The van der Waals surface area contributed by atoms with Crippen LogP contribution in [0.3, 0.4) is 0 Å². The molecule has 1 saturated carbocycles. The molecule has 1 aliphatic rings. The third-order valence-corrected chi connectivity index (χ3v) is 7.53. The highest BCUT2D eigenvalue weighted by molar-refractivity contribution is 6.30. The molecule has 0 saturated heterocycles. The molecule has 0 aliphatic heterocycles. The van der Waals surface area contributed by atoms with E-state index in [2.05, 4.69) is 11.0 Å². The van der Waals surface area contributed by atoms with E-state index in [1.165, 1.54) is 27.8 Å². The summed E-state index contributed by atoms with van der Waals surface area (Å²) in [5.74, 6) is 0.490. The molecular weight excluding hydrogens is 518 g/mol. The van der Waals surface area contributed by atoms with E-state index in [9.17, 15) is 14.4 Å². The predicted octanol–water partition coefficient (Wildman–Crippen LogP) is 4.64. The van der Waals surface area contributed by atoms with Crippen molar-refractivity contribution < 1.29 is 14.3 Å². The molecule has 1 aliphatic carbocycles. The number of nitrogens with zero attached hydrogens (tertiary/aromatic N) is 3. The van der Waals surface area contributed by atoms with Crippen molar-refractivity contribution in [2.45, 2.75) is 64.7 Å². The van der Waals surface area contributed by atoms with E-state index in [0.29, 0.717) is 30.0 Å². The average Bonchev–Trinajstić information content (AvgIpc) is 2.87. The van der Waals surface area contributed by atoms with Crippen LogP contribution in [-0.2, 0) is 29.7 Å². The molecule has 1 aromatic heterocycles. The molecule has 39 heavy (non-hydrogen) atoms. The largest absolute Gasteiger partial charge is 0.491 e. The van der Waals surface area contributed by atoms with Crippen LogP contribution in [0.5, 0.6) is 5.75 Å². The van der Waals surface area contributed by atoms with Gasteiger partial charge in [0.1, 0.15) is 12.4 Å². The average molecular weight is 554 g/mol. The van der Waals surface area contributed by atoms with Crippen LogP contribution in [-0.4, -0.2) is 39.3 Å². The van der Waals surface area contributed by atoms with Gasteiger partial charge in [-0.3, -0.25) is 19.1 Å². The van der Waals surface area contributed by atoms with E-state index in [1.54, 1.807) is 7.05 Å². The lowest BCUT2D eigenvalue weighted by atomic mass is 9.87. The van der Waals surface area contributed by atoms with Gasteiger partial charge in [0.15, 0.2) is 0 Å². The van der Waals surface area contributed by atoms with Crippen LogP contribution in [0.2, 0.25) is 5.02 Å². The highest BCUT2D eigenvalue weighted by atomic mass is 35.5. The Bertz CT molecular complexity index is 1390. The summed E-state index contributed by atoms with van der Waals surface area (Å²) in [6.45, 7) is 5.20. The van der Waals surface area contributed by atoms with Crippen LogP contribution >= 0.6 is 11.6 Å². The van der Waals surface area contributed by atoms with E-state index in [-0.39, 0.29) is 42.8 Å². The second kappa shape index (κ2) is 13.1. The summed E-state index contributed by atoms with van der Waals surface area (Å²) in [6.07, 6.45) is 5.08. The van der Waals surface area contributed by atoms with E-state index in [4.69, 9.17) is 21.1 Å². The maximum atomic E-state index is 12.6. The highest BCUT2D eigenvalue weighted by Gasteiger charge is 2.33. The van der Waals surface area contributed by atoms with Gasteiger partial charge >= 0.3 is 11.7 Å². The first-order valence-corrected chi connectivity index (χ1v) is 13.8. The standard InChI is InChI=1S/C30H36ClN3O5/c1-4-38-29(36)19-26(23-9-11-24(31)12-10-23)34(25-6-5-7-25)20-22-8-13-27(21(2)18-22)39-17-16-33-28(35)14-15-32(3)30(33)37/h8-15,18,25-26H,4-7,16-17,19-20H2,1-3H3. The number of carbonyl (C=O) groups excluding carboxylic acids is 1. The molecule has 3 aromatic rings. The molecule has 0 amide bonds. The second-order valence-electron chi connectivity index (χ2n) is 9.98. The number of ether oxygens (including phenoxy) is 2. The van der Waals surface area contributed by atoms with Gasteiger partial charge < -0.3 is 14.0 Å². The molecule has 0 N–H and O–H groups in total. The molecule has 2 aromatic carbocycles. The number of aromatic nitrogens is 2. The molecule has 4 rings (SSSR count). The zero-order chi connectivity index (χ0) is 27.9. The minimum absolute atomic E-state index is 0.130. The van der Waals surface area contributed by atoms with Gasteiger partial charge in [-0.1, -0.05) is 42.3 Å². The molecule has 1 fully saturated rings. The number of esters is 1. The third-order valence-electron chi connectivity index (χ3n) is 7.28. The lowest BCUT2D eigenvalue weighted by molar-refractivity contribution is -0.145. The van der Waals surface area contributed by atoms with Crippen molar-refractivity contribution in [1.29, 1.82) is 0 Å². The Balaban J connectivity index is 1.50. The van der Waals surface area contributed by atoms with E-state index in [0.717, 1.165) is 29.5 Å². The SMILES string of the molecule is CCOC(=O)CC(c1ccc(Cl)cc1)N(Cc1ccc(OCCn2c(=O)ccn(C)c2=O)c(C)c1)C1CCC1. The summed E-state index contributed by atoms with van der Waals surface area (Å²) < 4.78 is 13.8. The van der Waals surface area contributed by atoms with Crippen molar-refractivity contribution in [3.63, 3.8) is 0 Å². The zero-order valence-corrected chi connectivity index (χ0v) is 23.5. The maximum absolute atomic E-state index is 12.6. The van der Waals surface area contributed by atoms with Gasteiger partial charge in [-0.25, -0.2) is 4.79 Å². The van der Waals surface area contributed by atoms with E-state index in [1.807, 2.05) is 50.2 Å². The summed E-state index contributed by atoms with van der Waals surface area (Å²) in [6, 6.07) is 15.4. The maximum Gasteiger partial charge on any atom is 0.330 e. The molecular formula is C30H36ClN3O5. The normalized spacial score (nSPS) is 14.2. The number of carbonyl (C=O) groups is 1. The summed E-state index contributed by atoms with van der Waals surface area (Å²) in [5, 5.41) is 0.660. The molecule has 9 heteroatoms. The Morgan fingerprint density at radius 1 is 1.13 bits per heavy atom. The Labute approximate surface area is 233 Å². The van der Waals surface area contributed by atoms with Crippen molar-refractivity contribution in [2.24, 2.45) is 7.05 Å². The first kappa shape index (κ1) is 28.6. The van der Waals surface area contributed by atoms with Gasteiger partial charge in [0.25, 0.3) is 5.56 Å². The molecule has 8 nitrogen and oxygen atoms in total. The van der Waals surface area contributed by atoms with Crippen LogP contribution in [0.4, 0.5) is 0 Å². The topological polar surface area (TPSA) is 82.8 Å². The third kappa shape index (κ3) is 7.19. The smallest absolute Gasteiger partial charge is 0.330 e. The van der Waals surface area contributed by atoms with Gasteiger partial charge in [0.2, 0.25) is 0 Å². The zero-order valence-electron chi connectivity index (χ0n) is 22.8. The fourth-order valence-electron chi connectivity index (χ4n) is 4.95. The van der Waals surface area contributed by atoms with Crippen LogP contribution < -0.4 is 16.0 Å². The monoisotopic (exact) mass is 553 g/mol. The van der Waals surface area contributed by atoms with Crippen molar-refractivity contribution in [3.8, 4) is 5.75 Å². The van der Waals surface area contributed by atoms with Gasteiger partial charge in [-0.2, -0.15) is 0 Å². The Kier molecular flexibility index (Phi) is 9.64. The fourth-order valence-corrected chi connectivity index (χ4v) is 5.08. The van der Waals surface area contributed by atoms with Crippen molar-refractivity contribution in [1.82, 2.24) is 14.0 Å². The van der Waals surface area contributed by atoms with Crippen molar-refractivity contribution in [2.75, 3.05) is 13.2 Å². The quantitative estimate of drug-likeness (QED) is 0.304. The summed E-state index contributed by atoms with van der Waals surface area (Å²) in [4.78, 5) is 39.3. The van der Waals surface area contributed by atoms with Crippen molar-refractivity contribution >= 4 is 17.6 Å². The van der Waals surface area contributed by atoms with Gasteiger partial charge in [0.05, 0.1) is 19.6 Å².